The van der Waals surface area contributed by atoms with Crippen molar-refractivity contribution >= 4 is 39.1 Å². The van der Waals surface area contributed by atoms with E-state index in [2.05, 4.69) is 5.32 Å². The Kier molecular flexibility index (Phi) is 9.71. The van der Waals surface area contributed by atoms with E-state index in [0.29, 0.717) is 22.9 Å². The normalized spacial score (nSPS) is 11.9. The lowest BCUT2D eigenvalue weighted by Crippen LogP contribution is -2.51. The first-order chi connectivity index (χ1) is 18.1. The summed E-state index contributed by atoms with van der Waals surface area (Å²) in [7, 11) is -2.81. The molecule has 0 heterocycles. The van der Waals surface area contributed by atoms with Crippen molar-refractivity contribution in [2.75, 3.05) is 24.5 Å². The van der Waals surface area contributed by atoms with Gasteiger partial charge in [-0.1, -0.05) is 23.7 Å². The van der Waals surface area contributed by atoms with Gasteiger partial charge in [0.25, 0.3) is 10.0 Å². The summed E-state index contributed by atoms with van der Waals surface area (Å²) in [6.07, 6.45) is 0. The summed E-state index contributed by atoms with van der Waals surface area (Å²) < 4.78 is 47.1. The zero-order valence-corrected chi connectivity index (χ0v) is 22.8. The van der Waals surface area contributed by atoms with Gasteiger partial charge in [0, 0.05) is 18.1 Å². The summed E-state index contributed by atoms with van der Waals surface area (Å²) in [6.45, 7) is 3.10. The predicted octanol–water partition coefficient (Wildman–Crippen LogP) is 4.24. The average molecular weight is 562 g/mol. The second-order valence-electron chi connectivity index (χ2n) is 8.38. The number of hydrogen-bond acceptors (Lipinski definition) is 5. The minimum absolute atomic E-state index is 0.0359. The van der Waals surface area contributed by atoms with Crippen LogP contribution in [0.15, 0.2) is 77.7 Å². The number of amides is 2. The lowest BCUT2D eigenvalue weighted by atomic mass is 10.1. The van der Waals surface area contributed by atoms with E-state index < -0.39 is 34.3 Å². The van der Waals surface area contributed by atoms with E-state index >= 15 is 0 Å². The quantitative estimate of drug-likeness (QED) is 0.378. The van der Waals surface area contributed by atoms with Crippen LogP contribution in [0.5, 0.6) is 5.75 Å². The Labute approximate surface area is 227 Å². The third-order valence-electron chi connectivity index (χ3n) is 5.83. The third kappa shape index (κ3) is 7.02. The topological polar surface area (TPSA) is 96.0 Å². The lowest BCUT2D eigenvalue weighted by molar-refractivity contribution is -0.139. The van der Waals surface area contributed by atoms with Gasteiger partial charge < -0.3 is 15.0 Å². The van der Waals surface area contributed by atoms with E-state index in [-0.39, 0.29) is 23.0 Å². The first-order valence-electron chi connectivity index (χ1n) is 11.8. The lowest BCUT2D eigenvalue weighted by Gasteiger charge is -2.32. The highest BCUT2D eigenvalue weighted by Crippen LogP contribution is 2.26. The molecule has 0 aliphatic carbocycles. The van der Waals surface area contributed by atoms with Crippen molar-refractivity contribution in [3.05, 3.63) is 89.2 Å². The molecular weight excluding hydrogens is 533 g/mol. The van der Waals surface area contributed by atoms with Crippen LogP contribution in [0.3, 0.4) is 0 Å². The molecule has 0 saturated heterocycles. The summed E-state index contributed by atoms with van der Waals surface area (Å²) in [6, 6.07) is 16.3. The van der Waals surface area contributed by atoms with Crippen LogP contribution in [0.1, 0.15) is 19.4 Å². The van der Waals surface area contributed by atoms with Gasteiger partial charge in [0.15, 0.2) is 0 Å². The molecule has 2 amide bonds. The highest BCUT2D eigenvalue weighted by molar-refractivity contribution is 7.92. The molecule has 0 aromatic heterocycles. The van der Waals surface area contributed by atoms with Crippen LogP contribution >= 0.6 is 11.6 Å². The molecule has 0 radical (unpaired) electrons. The van der Waals surface area contributed by atoms with Gasteiger partial charge in [0.2, 0.25) is 11.8 Å². The number of benzene rings is 3. The van der Waals surface area contributed by atoms with Crippen molar-refractivity contribution in [2.45, 2.75) is 31.3 Å². The molecular formula is C27H29ClFN3O5S. The zero-order chi connectivity index (χ0) is 27.9. The molecule has 38 heavy (non-hydrogen) atoms. The molecule has 8 nitrogen and oxygen atoms in total. The molecule has 0 aliphatic rings. The molecule has 202 valence electrons. The Bertz CT molecular complexity index is 1350. The van der Waals surface area contributed by atoms with Crippen molar-refractivity contribution < 1.29 is 27.1 Å². The second kappa shape index (κ2) is 12.7. The molecule has 3 aromatic rings. The number of carbonyl (C=O) groups excluding carboxylic acids is 2. The van der Waals surface area contributed by atoms with Gasteiger partial charge in [-0.25, -0.2) is 12.8 Å². The van der Waals surface area contributed by atoms with Crippen molar-refractivity contribution in [3.8, 4) is 5.75 Å². The number of methoxy groups -OCH3 is 1. The molecule has 0 unspecified atom stereocenters. The Balaban J connectivity index is 2.01. The third-order valence-corrected chi connectivity index (χ3v) is 7.87. The van der Waals surface area contributed by atoms with Crippen molar-refractivity contribution in [1.29, 1.82) is 0 Å². The number of nitrogens with one attached hydrogen (secondary N) is 1. The number of sulfonamides is 1. The zero-order valence-electron chi connectivity index (χ0n) is 21.2. The molecule has 0 fully saturated rings. The van der Waals surface area contributed by atoms with Crippen LogP contribution in [-0.4, -0.2) is 51.4 Å². The van der Waals surface area contributed by atoms with E-state index in [0.717, 1.165) is 16.4 Å². The van der Waals surface area contributed by atoms with Gasteiger partial charge in [-0.3, -0.25) is 13.9 Å². The largest absolute Gasteiger partial charge is 0.497 e. The van der Waals surface area contributed by atoms with E-state index in [9.17, 15) is 22.4 Å². The van der Waals surface area contributed by atoms with Crippen LogP contribution in [0.2, 0.25) is 5.02 Å². The smallest absolute Gasteiger partial charge is 0.264 e. The molecule has 3 aromatic carbocycles. The van der Waals surface area contributed by atoms with Crippen LogP contribution in [0, 0.1) is 5.82 Å². The molecule has 0 saturated carbocycles. The molecule has 0 bridgehead atoms. The highest BCUT2D eigenvalue weighted by Gasteiger charge is 2.32. The van der Waals surface area contributed by atoms with E-state index in [4.69, 9.17) is 16.3 Å². The van der Waals surface area contributed by atoms with E-state index in [1.54, 1.807) is 38.1 Å². The number of anilines is 1. The Morgan fingerprint density at radius 1 is 1.00 bits per heavy atom. The minimum atomic E-state index is -4.27. The van der Waals surface area contributed by atoms with Crippen LogP contribution in [-0.2, 0) is 26.2 Å². The SMILES string of the molecule is CCNC(=O)[C@@H](C)N(Cc1ccc(Cl)cc1)C(=O)CN(c1ccc(F)cc1)S(=O)(=O)c1ccc(OC)cc1. The summed E-state index contributed by atoms with van der Waals surface area (Å²) in [5, 5.41) is 3.20. The number of nitrogens with zero attached hydrogens (tertiary/aromatic N) is 2. The Hall–Kier alpha value is -3.63. The summed E-state index contributed by atoms with van der Waals surface area (Å²) in [5.74, 6) is -1.12. The van der Waals surface area contributed by atoms with E-state index in [1.165, 1.54) is 48.4 Å². The fraction of sp³-hybridized carbons (Fsp3) is 0.259. The van der Waals surface area contributed by atoms with E-state index in [1.807, 2.05) is 0 Å². The summed E-state index contributed by atoms with van der Waals surface area (Å²) >= 11 is 5.99. The average Bonchev–Trinajstić information content (AvgIpc) is 2.91. The predicted molar refractivity (Wildman–Crippen MR) is 144 cm³/mol. The maximum Gasteiger partial charge on any atom is 0.264 e. The number of rotatable bonds is 11. The van der Waals surface area contributed by atoms with Crippen LogP contribution in [0.4, 0.5) is 10.1 Å². The van der Waals surface area contributed by atoms with Crippen molar-refractivity contribution in [2.24, 2.45) is 0 Å². The first kappa shape index (κ1) is 28.9. The first-order valence-corrected chi connectivity index (χ1v) is 13.6. The monoisotopic (exact) mass is 561 g/mol. The van der Waals surface area contributed by atoms with Gasteiger partial charge in [-0.2, -0.15) is 0 Å². The molecule has 11 heteroatoms. The van der Waals surface area contributed by atoms with Gasteiger partial charge >= 0.3 is 0 Å². The molecule has 3 rings (SSSR count). The number of halogens is 2. The Morgan fingerprint density at radius 3 is 2.16 bits per heavy atom. The fourth-order valence-electron chi connectivity index (χ4n) is 3.70. The summed E-state index contributed by atoms with van der Waals surface area (Å²) in [4.78, 5) is 27.6. The van der Waals surface area contributed by atoms with Crippen LogP contribution in [0.25, 0.3) is 0 Å². The standard InChI is InChI=1S/C27H29ClFN3O5S/c1-4-30-27(34)19(2)31(17-20-5-7-21(28)8-6-20)26(33)18-32(23-11-9-22(29)10-12-23)38(35,36)25-15-13-24(37-3)14-16-25/h5-16,19H,4,17-18H2,1-3H3,(H,30,34)/t19-/m1/s1. The van der Waals surface area contributed by atoms with Crippen molar-refractivity contribution in [3.63, 3.8) is 0 Å². The number of hydrogen-bond donors (Lipinski definition) is 1. The van der Waals surface area contributed by atoms with Gasteiger partial charge in [0.1, 0.15) is 24.2 Å². The maximum absolute atomic E-state index is 13.7. The summed E-state index contributed by atoms with van der Waals surface area (Å²) in [5.41, 5.74) is 0.790. The minimum Gasteiger partial charge on any atom is -0.497 e. The maximum atomic E-state index is 13.7. The second-order valence-corrected chi connectivity index (χ2v) is 10.7. The van der Waals surface area contributed by atoms with Gasteiger partial charge in [-0.05, 0) is 80.1 Å². The number of carbonyl (C=O) groups is 2. The molecule has 1 N–H and O–H groups in total. The van der Waals surface area contributed by atoms with Crippen LogP contribution < -0.4 is 14.4 Å². The fourth-order valence-corrected chi connectivity index (χ4v) is 5.24. The van der Waals surface area contributed by atoms with Gasteiger partial charge in [-0.15, -0.1) is 0 Å². The Morgan fingerprint density at radius 2 is 1.61 bits per heavy atom. The number of likely N-dealkylation sites (N-methyl/N-ethyl adjacent to an activating group) is 1. The molecule has 1 atom stereocenters. The number of ether oxygens (including phenoxy) is 1. The highest BCUT2D eigenvalue weighted by atomic mass is 35.5. The molecule has 0 spiro atoms. The van der Waals surface area contributed by atoms with Gasteiger partial charge in [0.05, 0.1) is 17.7 Å². The van der Waals surface area contributed by atoms with Crippen molar-refractivity contribution in [1.82, 2.24) is 10.2 Å². The molecule has 0 aliphatic heterocycles.